The third-order valence-corrected chi connectivity index (χ3v) is 2.90. The molecule has 82 valence electrons. The van der Waals surface area contributed by atoms with Crippen LogP contribution in [0.3, 0.4) is 0 Å². The average molecular weight is 268 g/mol. The van der Waals surface area contributed by atoms with Crippen LogP contribution in [-0.4, -0.2) is 6.54 Å². The first-order chi connectivity index (χ1) is 7.09. The molecule has 1 aromatic rings. The van der Waals surface area contributed by atoms with Crippen molar-refractivity contribution in [2.24, 2.45) is 0 Å². The van der Waals surface area contributed by atoms with E-state index in [9.17, 15) is 0 Å². The molecular formula is C13H18BrN. The van der Waals surface area contributed by atoms with Crippen molar-refractivity contribution in [2.75, 3.05) is 6.54 Å². The lowest BCUT2D eigenvalue weighted by Crippen LogP contribution is -2.19. The van der Waals surface area contributed by atoms with Gasteiger partial charge in [0.15, 0.2) is 0 Å². The van der Waals surface area contributed by atoms with Gasteiger partial charge in [-0.05, 0) is 44.5 Å². The molecule has 1 N–H and O–H groups in total. The van der Waals surface area contributed by atoms with Gasteiger partial charge in [-0.15, -0.1) is 6.58 Å². The maximum Gasteiger partial charge on any atom is 0.0291 e. The minimum atomic E-state index is 0.400. The maximum absolute atomic E-state index is 3.89. The highest BCUT2D eigenvalue weighted by atomic mass is 79.9. The Morgan fingerprint density at radius 1 is 1.40 bits per heavy atom. The second-order valence-corrected chi connectivity index (χ2v) is 4.85. The molecule has 0 saturated carbocycles. The molecule has 0 aliphatic carbocycles. The monoisotopic (exact) mass is 267 g/mol. The van der Waals surface area contributed by atoms with E-state index in [-0.39, 0.29) is 0 Å². The lowest BCUT2D eigenvalue weighted by atomic mass is 10.1. The molecule has 0 fully saturated rings. The van der Waals surface area contributed by atoms with Crippen LogP contribution in [0.5, 0.6) is 0 Å². The van der Waals surface area contributed by atoms with Crippen LogP contribution in [0.25, 0.3) is 0 Å². The molecule has 0 aromatic heterocycles. The smallest absolute Gasteiger partial charge is 0.0291 e. The van der Waals surface area contributed by atoms with Crippen LogP contribution in [0.2, 0.25) is 0 Å². The topological polar surface area (TPSA) is 12.0 Å². The SMILES string of the molecule is C=C(C)CCN[C@H](C)c1ccc(Br)cc1. The van der Waals surface area contributed by atoms with Crippen molar-refractivity contribution in [1.82, 2.24) is 5.32 Å². The molecule has 0 heterocycles. The molecule has 0 aliphatic heterocycles. The van der Waals surface area contributed by atoms with E-state index in [4.69, 9.17) is 0 Å². The molecule has 1 nitrogen and oxygen atoms in total. The van der Waals surface area contributed by atoms with Crippen molar-refractivity contribution in [3.63, 3.8) is 0 Å². The second-order valence-electron chi connectivity index (χ2n) is 3.93. The molecular weight excluding hydrogens is 250 g/mol. The normalized spacial score (nSPS) is 12.5. The molecule has 1 atom stereocenters. The standard InChI is InChI=1S/C13H18BrN/c1-10(2)8-9-15-11(3)12-4-6-13(14)7-5-12/h4-7,11,15H,1,8-9H2,2-3H3/t11-/m1/s1. The largest absolute Gasteiger partial charge is 0.310 e. The summed E-state index contributed by atoms with van der Waals surface area (Å²) in [6.07, 6.45) is 1.04. The van der Waals surface area contributed by atoms with Crippen LogP contribution in [0.1, 0.15) is 31.9 Å². The predicted octanol–water partition coefficient (Wildman–Crippen LogP) is 4.07. The quantitative estimate of drug-likeness (QED) is 0.794. The highest BCUT2D eigenvalue weighted by Gasteiger charge is 2.03. The highest BCUT2D eigenvalue weighted by Crippen LogP contribution is 2.16. The van der Waals surface area contributed by atoms with Gasteiger partial charge in [-0.3, -0.25) is 0 Å². The van der Waals surface area contributed by atoms with Crippen LogP contribution in [0, 0.1) is 0 Å². The van der Waals surface area contributed by atoms with Gasteiger partial charge in [-0.2, -0.15) is 0 Å². The second kappa shape index (κ2) is 6.09. The van der Waals surface area contributed by atoms with Crippen LogP contribution < -0.4 is 5.32 Å². The van der Waals surface area contributed by atoms with Gasteiger partial charge in [0.2, 0.25) is 0 Å². The molecule has 0 aliphatic rings. The van der Waals surface area contributed by atoms with Gasteiger partial charge in [-0.1, -0.05) is 33.6 Å². The van der Waals surface area contributed by atoms with Crippen molar-refractivity contribution in [3.8, 4) is 0 Å². The Bertz CT molecular complexity index is 316. The van der Waals surface area contributed by atoms with Crippen molar-refractivity contribution >= 4 is 15.9 Å². The van der Waals surface area contributed by atoms with Crippen molar-refractivity contribution in [2.45, 2.75) is 26.3 Å². The molecule has 0 amide bonds. The Morgan fingerprint density at radius 2 is 2.00 bits per heavy atom. The van der Waals surface area contributed by atoms with Gasteiger partial charge in [0.05, 0.1) is 0 Å². The van der Waals surface area contributed by atoms with Gasteiger partial charge in [0.25, 0.3) is 0 Å². The Kier molecular flexibility index (Phi) is 5.06. The summed E-state index contributed by atoms with van der Waals surface area (Å²) < 4.78 is 1.13. The zero-order valence-electron chi connectivity index (χ0n) is 9.39. The van der Waals surface area contributed by atoms with Gasteiger partial charge in [0.1, 0.15) is 0 Å². The van der Waals surface area contributed by atoms with E-state index in [1.54, 1.807) is 0 Å². The Balaban J connectivity index is 2.43. The lowest BCUT2D eigenvalue weighted by Gasteiger charge is -2.14. The molecule has 0 bridgehead atoms. The molecule has 0 saturated heterocycles. The molecule has 15 heavy (non-hydrogen) atoms. The molecule has 0 unspecified atom stereocenters. The number of halogens is 1. The third kappa shape index (κ3) is 4.63. The molecule has 0 spiro atoms. The predicted molar refractivity (Wildman–Crippen MR) is 70.0 cm³/mol. The number of hydrogen-bond acceptors (Lipinski definition) is 1. The maximum atomic E-state index is 3.89. The summed E-state index contributed by atoms with van der Waals surface area (Å²) in [6, 6.07) is 8.83. The van der Waals surface area contributed by atoms with E-state index in [2.05, 4.69) is 65.9 Å². The van der Waals surface area contributed by atoms with E-state index in [1.165, 1.54) is 11.1 Å². The summed E-state index contributed by atoms with van der Waals surface area (Å²) in [6.45, 7) is 9.13. The first-order valence-corrected chi connectivity index (χ1v) is 6.02. The molecule has 1 aromatic carbocycles. The number of rotatable bonds is 5. The Morgan fingerprint density at radius 3 is 2.53 bits per heavy atom. The number of hydrogen-bond donors (Lipinski definition) is 1. The van der Waals surface area contributed by atoms with Crippen LogP contribution in [-0.2, 0) is 0 Å². The Labute approximate surface area is 101 Å². The zero-order valence-corrected chi connectivity index (χ0v) is 11.0. The van der Waals surface area contributed by atoms with Crippen molar-refractivity contribution < 1.29 is 0 Å². The fourth-order valence-corrected chi connectivity index (χ4v) is 1.64. The molecule has 1 rings (SSSR count). The van der Waals surface area contributed by atoms with Crippen LogP contribution >= 0.6 is 15.9 Å². The van der Waals surface area contributed by atoms with Gasteiger partial charge >= 0.3 is 0 Å². The summed E-state index contributed by atoms with van der Waals surface area (Å²) in [7, 11) is 0. The van der Waals surface area contributed by atoms with Gasteiger partial charge in [-0.25, -0.2) is 0 Å². The van der Waals surface area contributed by atoms with E-state index in [0.29, 0.717) is 6.04 Å². The minimum Gasteiger partial charge on any atom is -0.310 e. The zero-order chi connectivity index (χ0) is 11.3. The highest BCUT2D eigenvalue weighted by molar-refractivity contribution is 9.10. The van der Waals surface area contributed by atoms with E-state index < -0.39 is 0 Å². The third-order valence-electron chi connectivity index (χ3n) is 2.37. The Hall–Kier alpha value is -0.600. The summed E-state index contributed by atoms with van der Waals surface area (Å²) in [5.74, 6) is 0. The number of benzene rings is 1. The van der Waals surface area contributed by atoms with E-state index in [0.717, 1.165) is 17.4 Å². The summed E-state index contributed by atoms with van der Waals surface area (Å²) >= 11 is 3.43. The van der Waals surface area contributed by atoms with E-state index >= 15 is 0 Å². The minimum absolute atomic E-state index is 0.400. The first-order valence-electron chi connectivity index (χ1n) is 5.23. The van der Waals surface area contributed by atoms with Crippen molar-refractivity contribution in [1.29, 1.82) is 0 Å². The first kappa shape index (κ1) is 12.5. The fourth-order valence-electron chi connectivity index (χ4n) is 1.37. The van der Waals surface area contributed by atoms with Crippen LogP contribution in [0.4, 0.5) is 0 Å². The summed E-state index contributed by atoms with van der Waals surface area (Å²) in [5, 5.41) is 3.47. The summed E-state index contributed by atoms with van der Waals surface area (Å²) in [5.41, 5.74) is 2.55. The summed E-state index contributed by atoms with van der Waals surface area (Å²) in [4.78, 5) is 0. The van der Waals surface area contributed by atoms with Gasteiger partial charge in [0, 0.05) is 10.5 Å². The molecule has 0 radical (unpaired) electrons. The lowest BCUT2D eigenvalue weighted by molar-refractivity contribution is 0.576. The average Bonchev–Trinajstić information content (AvgIpc) is 2.18. The van der Waals surface area contributed by atoms with Crippen LogP contribution in [0.15, 0.2) is 40.9 Å². The fraction of sp³-hybridized carbons (Fsp3) is 0.385. The molecule has 2 heteroatoms. The van der Waals surface area contributed by atoms with E-state index in [1.807, 2.05) is 0 Å². The van der Waals surface area contributed by atoms with Crippen molar-refractivity contribution in [3.05, 3.63) is 46.5 Å². The van der Waals surface area contributed by atoms with Gasteiger partial charge < -0.3 is 5.32 Å². The number of nitrogens with one attached hydrogen (secondary N) is 1.